The van der Waals surface area contributed by atoms with E-state index in [9.17, 15) is 9.59 Å². The van der Waals surface area contributed by atoms with Gasteiger partial charge in [-0.3, -0.25) is 9.59 Å². The smallest absolute Gasteiger partial charge is 0.308 e. The molecule has 0 aliphatic carbocycles. The van der Waals surface area contributed by atoms with E-state index in [4.69, 9.17) is 9.47 Å². The molecule has 0 unspecified atom stereocenters. The SMILES string of the molecule is CC[C@H]1OC(=O)[C@@H](C)C[C@H]1C.C[C@@H]1C[C@H](C)C(=O)O[C@@H]1C. The molecule has 2 rings (SSSR count). The highest BCUT2D eigenvalue weighted by molar-refractivity contribution is 5.73. The van der Waals surface area contributed by atoms with Crippen molar-refractivity contribution in [3.63, 3.8) is 0 Å². The van der Waals surface area contributed by atoms with Crippen LogP contribution in [0, 0.1) is 23.7 Å². The number of hydrogen-bond acceptors (Lipinski definition) is 4. The van der Waals surface area contributed by atoms with Crippen LogP contribution in [0.25, 0.3) is 0 Å². The van der Waals surface area contributed by atoms with Gasteiger partial charge in [0.2, 0.25) is 0 Å². The number of hydrogen-bond donors (Lipinski definition) is 0. The van der Waals surface area contributed by atoms with Crippen molar-refractivity contribution >= 4 is 11.9 Å². The fourth-order valence-electron chi connectivity index (χ4n) is 2.93. The summed E-state index contributed by atoms with van der Waals surface area (Å²) in [7, 11) is 0. The summed E-state index contributed by atoms with van der Waals surface area (Å²) in [5.74, 6) is 1.21. The molecule has 0 aromatic rings. The minimum Gasteiger partial charge on any atom is -0.462 e. The second-order valence-electron chi connectivity index (χ2n) is 6.75. The van der Waals surface area contributed by atoms with Crippen molar-refractivity contribution in [1.29, 1.82) is 0 Å². The molecule has 6 atom stereocenters. The molecule has 2 fully saturated rings. The maximum atomic E-state index is 11.1. The lowest BCUT2D eigenvalue weighted by Gasteiger charge is -2.31. The third-order valence-electron chi connectivity index (χ3n) is 4.66. The van der Waals surface area contributed by atoms with E-state index in [0.29, 0.717) is 11.8 Å². The summed E-state index contributed by atoms with van der Waals surface area (Å²) in [5.41, 5.74) is 0. The number of carbonyl (C=O) groups excluding carboxylic acids is 2. The van der Waals surface area contributed by atoms with Gasteiger partial charge in [0.05, 0.1) is 11.8 Å². The highest BCUT2D eigenvalue weighted by atomic mass is 16.5. The van der Waals surface area contributed by atoms with Gasteiger partial charge in [0.25, 0.3) is 0 Å². The Morgan fingerprint density at radius 1 is 0.857 bits per heavy atom. The predicted molar refractivity (Wildman–Crippen MR) is 81.6 cm³/mol. The Morgan fingerprint density at radius 3 is 1.81 bits per heavy atom. The van der Waals surface area contributed by atoms with Crippen molar-refractivity contribution < 1.29 is 19.1 Å². The van der Waals surface area contributed by atoms with Gasteiger partial charge in [0, 0.05) is 0 Å². The number of cyclic esters (lactones) is 2. The summed E-state index contributed by atoms with van der Waals surface area (Å²) >= 11 is 0. The molecule has 0 amide bonds. The van der Waals surface area contributed by atoms with E-state index < -0.39 is 0 Å². The monoisotopic (exact) mass is 298 g/mol. The van der Waals surface area contributed by atoms with Crippen LogP contribution >= 0.6 is 0 Å². The first-order chi connectivity index (χ1) is 9.76. The van der Waals surface area contributed by atoms with Crippen LogP contribution in [0.1, 0.15) is 60.8 Å². The average molecular weight is 298 g/mol. The first kappa shape index (κ1) is 18.0. The zero-order chi connectivity index (χ0) is 16.2. The van der Waals surface area contributed by atoms with Gasteiger partial charge in [-0.1, -0.05) is 34.6 Å². The second kappa shape index (κ2) is 7.81. The summed E-state index contributed by atoms with van der Waals surface area (Å²) in [6.45, 7) is 12.1. The topological polar surface area (TPSA) is 52.6 Å². The number of ether oxygens (including phenoxy) is 2. The standard InChI is InChI=1S/C9H16O2.C8H14O2/c1-4-8-6(2)5-7(3)9(10)11-8;1-5-4-6(2)8(9)10-7(5)3/h6-8H,4-5H2,1-3H3;5-7H,4H2,1-3H3/t6-,7+,8-;5-,6+,7-/m11/s1. The van der Waals surface area contributed by atoms with E-state index in [1.165, 1.54) is 0 Å². The fourth-order valence-corrected chi connectivity index (χ4v) is 2.93. The van der Waals surface area contributed by atoms with Crippen LogP contribution in [-0.4, -0.2) is 24.1 Å². The highest BCUT2D eigenvalue weighted by Crippen LogP contribution is 2.27. The summed E-state index contributed by atoms with van der Waals surface area (Å²) in [6, 6.07) is 0. The number of carbonyl (C=O) groups is 2. The summed E-state index contributed by atoms with van der Waals surface area (Å²) in [4.78, 5) is 22.0. The lowest BCUT2D eigenvalue weighted by Crippen LogP contribution is -2.35. The van der Waals surface area contributed by atoms with E-state index >= 15 is 0 Å². The molecule has 0 aromatic heterocycles. The Bertz CT molecular complexity index is 366. The minimum absolute atomic E-state index is 0.0186. The van der Waals surface area contributed by atoms with Crippen molar-refractivity contribution in [2.75, 3.05) is 0 Å². The van der Waals surface area contributed by atoms with Gasteiger partial charge in [-0.15, -0.1) is 0 Å². The maximum absolute atomic E-state index is 11.1. The van der Waals surface area contributed by atoms with Crippen molar-refractivity contribution in [3.8, 4) is 0 Å². The van der Waals surface area contributed by atoms with Crippen LogP contribution < -0.4 is 0 Å². The Balaban J connectivity index is 0.000000211. The zero-order valence-corrected chi connectivity index (χ0v) is 14.2. The highest BCUT2D eigenvalue weighted by Gasteiger charge is 2.31. The lowest BCUT2D eigenvalue weighted by molar-refractivity contribution is -0.164. The minimum atomic E-state index is -0.0365. The number of esters is 2. The van der Waals surface area contributed by atoms with Crippen molar-refractivity contribution in [1.82, 2.24) is 0 Å². The van der Waals surface area contributed by atoms with Gasteiger partial charge in [-0.25, -0.2) is 0 Å². The predicted octanol–water partition coefficient (Wildman–Crippen LogP) is 3.58. The van der Waals surface area contributed by atoms with Gasteiger partial charge < -0.3 is 9.47 Å². The average Bonchev–Trinajstić information content (AvgIpc) is 2.41. The normalized spacial score (nSPS) is 39.7. The molecule has 0 saturated carbocycles. The Kier molecular flexibility index (Phi) is 6.69. The van der Waals surface area contributed by atoms with Crippen LogP contribution in [0.3, 0.4) is 0 Å². The first-order valence-corrected chi connectivity index (χ1v) is 8.17. The summed E-state index contributed by atoms with van der Waals surface area (Å²) in [6.07, 6.45) is 3.18. The van der Waals surface area contributed by atoms with Gasteiger partial charge in [-0.05, 0) is 38.0 Å². The maximum Gasteiger partial charge on any atom is 0.308 e. The van der Waals surface area contributed by atoms with Crippen molar-refractivity contribution in [3.05, 3.63) is 0 Å². The van der Waals surface area contributed by atoms with Crippen molar-refractivity contribution in [2.24, 2.45) is 23.7 Å². The lowest BCUT2D eigenvalue weighted by atomic mass is 9.89. The van der Waals surface area contributed by atoms with Gasteiger partial charge in [0.15, 0.2) is 0 Å². The third-order valence-corrected chi connectivity index (χ3v) is 4.66. The molecule has 2 heterocycles. The van der Waals surface area contributed by atoms with E-state index in [2.05, 4.69) is 20.8 Å². The summed E-state index contributed by atoms with van der Waals surface area (Å²) < 4.78 is 10.3. The zero-order valence-electron chi connectivity index (χ0n) is 14.2. The van der Waals surface area contributed by atoms with Crippen LogP contribution in [-0.2, 0) is 19.1 Å². The van der Waals surface area contributed by atoms with Crippen LogP contribution in [0.15, 0.2) is 0 Å². The van der Waals surface area contributed by atoms with Crippen molar-refractivity contribution in [2.45, 2.75) is 73.0 Å². The first-order valence-electron chi connectivity index (χ1n) is 8.17. The molecule has 0 aromatic carbocycles. The molecular weight excluding hydrogens is 268 g/mol. The Hall–Kier alpha value is -1.06. The largest absolute Gasteiger partial charge is 0.462 e. The van der Waals surface area contributed by atoms with Crippen LogP contribution in [0.4, 0.5) is 0 Å². The Morgan fingerprint density at radius 2 is 1.33 bits per heavy atom. The molecule has 0 N–H and O–H groups in total. The van der Waals surface area contributed by atoms with Crippen LogP contribution in [0.5, 0.6) is 0 Å². The quantitative estimate of drug-likeness (QED) is 0.694. The molecule has 122 valence electrons. The van der Waals surface area contributed by atoms with Crippen LogP contribution in [0.2, 0.25) is 0 Å². The second-order valence-corrected chi connectivity index (χ2v) is 6.75. The molecule has 4 heteroatoms. The van der Waals surface area contributed by atoms with E-state index in [1.54, 1.807) is 0 Å². The van der Waals surface area contributed by atoms with E-state index in [-0.39, 0.29) is 36.0 Å². The molecule has 0 spiro atoms. The Labute approximate surface area is 128 Å². The molecule has 2 saturated heterocycles. The molecule has 21 heavy (non-hydrogen) atoms. The molecule has 0 radical (unpaired) electrons. The molecule has 4 nitrogen and oxygen atoms in total. The fraction of sp³-hybridized carbons (Fsp3) is 0.882. The number of rotatable bonds is 1. The summed E-state index contributed by atoms with van der Waals surface area (Å²) in [5, 5.41) is 0. The van der Waals surface area contributed by atoms with E-state index in [1.807, 2.05) is 20.8 Å². The van der Waals surface area contributed by atoms with Gasteiger partial charge in [0.1, 0.15) is 12.2 Å². The van der Waals surface area contributed by atoms with E-state index in [0.717, 1.165) is 19.3 Å². The molecular formula is C17H30O4. The molecule has 2 aliphatic rings. The molecule has 2 aliphatic heterocycles. The van der Waals surface area contributed by atoms with Gasteiger partial charge in [-0.2, -0.15) is 0 Å². The molecule has 0 bridgehead atoms. The van der Waals surface area contributed by atoms with Gasteiger partial charge >= 0.3 is 11.9 Å². The third kappa shape index (κ3) is 5.01.